The maximum Gasteiger partial charge on any atom is 0.242 e. The second-order valence-electron chi connectivity index (χ2n) is 3.94. The van der Waals surface area contributed by atoms with Crippen LogP contribution in [0.15, 0.2) is 30.3 Å². The summed E-state index contributed by atoms with van der Waals surface area (Å²) >= 11 is 0. The topological polar surface area (TPSA) is 118 Å². The lowest BCUT2D eigenvalue weighted by Gasteiger charge is -2.16. The number of carbonyl (C=O) groups excluding carboxylic acids is 2. The van der Waals surface area contributed by atoms with Gasteiger partial charge in [-0.05, 0) is 12.0 Å². The number of primary amides is 1. The van der Waals surface area contributed by atoms with Crippen LogP contribution in [0.3, 0.4) is 0 Å². The van der Waals surface area contributed by atoms with E-state index >= 15 is 0 Å². The van der Waals surface area contributed by atoms with Crippen LogP contribution in [0.4, 0.5) is 0 Å². The van der Waals surface area contributed by atoms with Crippen molar-refractivity contribution in [2.24, 2.45) is 11.5 Å². The molecule has 0 heterocycles. The lowest BCUT2D eigenvalue weighted by molar-refractivity contribution is -0.128. The van der Waals surface area contributed by atoms with Crippen LogP contribution < -0.4 is 16.8 Å². The summed E-state index contributed by atoms with van der Waals surface area (Å²) in [6, 6.07) is 7.37. The first kappa shape index (κ1) is 14.1. The molecule has 2 atom stereocenters. The van der Waals surface area contributed by atoms with Gasteiger partial charge in [0, 0.05) is 0 Å². The van der Waals surface area contributed by atoms with Crippen molar-refractivity contribution in [3.05, 3.63) is 35.9 Å². The first-order valence-electron chi connectivity index (χ1n) is 5.54. The molecule has 0 radical (unpaired) electrons. The fourth-order valence-corrected chi connectivity index (χ4v) is 1.45. The Hall–Kier alpha value is -1.92. The lowest BCUT2D eigenvalue weighted by Crippen LogP contribution is -2.52. The average Bonchev–Trinajstić information content (AvgIpc) is 2.36. The normalized spacial score (nSPS) is 13.7. The fourth-order valence-electron chi connectivity index (χ4n) is 1.45. The molecule has 0 saturated carbocycles. The summed E-state index contributed by atoms with van der Waals surface area (Å²) in [4.78, 5) is 22.5. The first-order valence-corrected chi connectivity index (χ1v) is 5.54. The molecule has 6 heteroatoms. The van der Waals surface area contributed by atoms with E-state index in [-0.39, 0.29) is 0 Å². The van der Waals surface area contributed by atoms with Gasteiger partial charge in [-0.3, -0.25) is 9.59 Å². The molecule has 6 nitrogen and oxygen atoms in total. The third-order valence-electron chi connectivity index (χ3n) is 2.48. The Bertz CT molecular complexity index is 408. The SMILES string of the molecule is NC(=O)[C@@H](CO)NC(=O)[C@H](N)Cc1ccccc1. The van der Waals surface area contributed by atoms with Gasteiger partial charge < -0.3 is 21.9 Å². The molecule has 0 fully saturated rings. The highest BCUT2D eigenvalue weighted by Crippen LogP contribution is 2.02. The van der Waals surface area contributed by atoms with E-state index in [2.05, 4.69) is 5.32 Å². The van der Waals surface area contributed by atoms with Crippen molar-refractivity contribution >= 4 is 11.8 Å². The van der Waals surface area contributed by atoms with E-state index in [9.17, 15) is 9.59 Å². The Kier molecular flexibility index (Phi) is 5.29. The largest absolute Gasteiger partial charge is 0.394 e. The highest BCUT2D eigenvalue weighted by molar-refractivity contribution is 5.89. The van der Waals surface area contributed by atoms with Crippen LogP contribution in [0, 0.1) is 0 Å². The van der Waals surface area contributed by atoms with Crippen LogP contribution in [0.25, 0.3) is 0 Å². The second kappa shape index (κ2) is 6.73. The van der Waals surface area contributed by atoms with Crippen LogP contribution in [-0.4, -0.2) is 35.6 Å². The van der Waals surface area contributed by atoms with Gasteiger partial charge in [-0.15, -0.1) is 0 Å². The number of amides is 2. The smallest absolute Gasteiger partial charge is 0.242 e. The summed E-state index contributed by atoms with van der Waals surface area (Å²) < 4.78 is 0. The predicted molar refractivity (Wildman–Crippen MR) is 66.3 cm³/mol. The van der Waals surface area contributed by atoms with E-state index in [1.165, 1.54) is 0 Å². The minimum atomic E-state index is -1.10. The number of nitrogens with one attached hydrogen (secondary N) is 1. The van der Waals surface area contributed by atoms with Crippen molar-refractivity contribution in [1.82, 2.24) is 5.32 Å². The van der Waals surface area contributed by atoms with Crippen molar-refractivity contribution in [3.8, 4) is 0 Å². The third-order valence-corrected chi connectivity index (χ3v) is 2.48. The molecule has 6 N–H and O–H groups in total. The molecule has 1 aromatic rings. The first-order chi connectivity index (χ1) is 8.54. The molecule has 18 heavy (non-hydrogen) atoms. The van der Waals surface area contributed by atoms with Gasteiger partial charge in [0.25, 0.3) is 0 Å². The third kappa shape index (κ3) is 4.15. The molecule has 0 aliphatic heterocycles. The Morgan fingerprint density at radius 3 is 2.39 bits per heavy atom. The molecule has 98 valence electrons. The molecule has 0 aliphatic carbocycles. The fraction of sp³-hybridized carbons (Fsp3) is 0.333. The number of hydrogen-bond donors (Lipinski definition) is 4. The van der Waals surface area contributed by atoms with Crippen LogP contribution in [0.5, 0.6) is 0 Å². The quantitative estimate of drug-likeness (QED) is 0.493. The number of aliphatic hydroxyl groups excluding tert-OH is 1. The van der Waals surface area contributed by atoms with Crippen LogP contribution >= 0.6 is 0 Å². The van der Waals surface area contributed by atoms with Gasteiger partial charge in [-0.1, -0.05) is 30.3 Å². The van der Waals surface area contributed by atoms with Crippen LogP contribution in [-0.2, 0) is 16.0 Å². The zero-order valence-corrected chi connectivity index (χ0v) is 9.87. The minimum absolute atomic E-state index is 0.351. The van der Waals surface area contributed by atoms with E-state index in [1.54, 1.807) is 0 Å². The summed E-state index contributed by atoms with van der Waals surface area (Å²) in [5.74, 6) is -1.31. The van der Waals surface area contributed by atoms with Gasteiger partial charge in [0.15, 0.2) is 0 Å². The predicted octanol–water partition coefficient (Wildman–Crippen LogP) is -1.48. The number of hydrogen-bond acceptors (Lipinski definition) is 4. The molecule has 0 bridgehead atoms. The lowest BCUT2D eigenvalue weighted by atomic mass is 10.1. The van der Waals surface area contributed by atoms with E-state index in [0.29, 0.717) is 6.42 Å². The molecule has 0 spiro atoms. The van der Waals surface area contributed by atoms with Gasteiger partial charge in [-0.25, -0.2) is 0 Å². The standard InChI is InChI=1S/C12H17N3O3/c13-9(6-8-4-2-1-3-5-8)12(18)15-10(7-16)11(14)17/h1-5,9-10,16H,6-7,13H2,(H2,14,17)(H,15,18)/t9-,10-/m1/s1. The van der Waals surface area contributed by atoms with E-state index in [1.807, 2.05) is 30.3 Å². The number of aliphatic hydroxyl groups is 1. The molecule has 0 saturated heterocycles. The molecular formula is C12H17N3O3. The Morgan fingerprint density at radius 2 is 1.89 bits per heavy atom. The molecule has 0 aliphatic rings. The van der Waals surface area contributed by atoms with Gasteiger partial charge in [0.2, 0.25) is 11.8 Å². The molecular weight excluding hydrogens is 234 g/mol. The van der Waals surface area contributed by atoms with Crippen LogP contribution in [0.2, 0.25) is 0 Å². The van der Waals surface area contributed by atoms with Crippen molar-refractivity contribution in [2.45, 2.75) is 18.5 Å². The number of nitrogens with two attached hydrogens (primary N) is 2. The average molecular weight is 251 g/mol. The minimum Gasteiger partial charge on any atom is -0.394 e. The Balaban J connectivity index is 2.54. The summed E-state index contributed by atoms with van der Waals surface area (Å²) in [6.45, 7) is -0.543. The van der Waals surface area contributed by atoms with E-state index in [0.717, 1.165) is 5.56 Å². The Labute approximate surface area is 105 Å². The van der Waals surface area contributed by atoms with Gasteiger partial charge in [0.05, 0.1) is 12.6 Å². The molecule has 0 aromatic heterocycles. The van der Waals surface area contributed by atoms with Crippen molar-refractivity contribution < 1.29 is 14.7 Å². The van der Waals surface area contributed by atoms with E-state index < -0.39 is 30.5 Å². The maximum atomic E-state index is 11.7. The van der Waals surface area contributed by atoms with Gasteiger partial charge in [-0.2, -0.15) is 0 Å². The van der Waals surface area contributed by atoms with Crippen molar-refractivity contribution in [1.29, 1.82) is 0 Å². The second-order valence-corrected chi connectivity index (χ2v) is 3.94. The number of rotatable bonds is 6. The number of benzene rings is 1. The zero-order valence-electron chi connectivity index (χ0n) is 9.87. The summed E-state index contributed by atoms with van der Waals surface area (Å²) in [5, 5.41) is 11.2. The Morgan fingerprint density at radius 1 is 1.28 bits per heavy atom. The van der Waals surface area contributed by atoms with Gasteiger partial charge >= 0.3 is 0 Å². The summed E-state index contributed by atoms with van der Waals surface area (Å²) in [5.41, 5.74) is 11.6. The van der Waals surface area contributed by atoms with Gasteiger partial charge in [0.1, 0.15) is 6.04 Å². The van der Waals surface area contributed by atoms with Crippen LogP contribution in [0.1, 0.15) is 5.56 Å². The molecule has 1 rings (SSSR count). The summed E-state index contributed by atoms with van der Waals surface area (Å²) in [6.07, 6.45) is 0.351. The monoisotopic (exact) mass is 251 g/mol. The number of carbonyl (C=O) groups is 2. The van der Waals surface area contributed by atoms with Crippen molar-refractivity contribution in [2.75, 3.05) is 6.61 Å². The maximum absolute atomic E-state index is 11.7. The van der Waals surface area contributed by atoms with Crippen molar-refractivity contribution in [3.63, 3.8) is 0 Å². The molecule has 0 unspecified atom stereocenters. The van der Waals surface area contributed by atoms with E-state index in [4.69, 9.17) is 16.6 Å². The zero-order chi connectivity index (χ0) is 13.5. The highest BCUT2D eigenvalue weighted by atomic mass is 16.3. The highest BCUT2D eigenvalue weighted by Gasteiger charge is 2.21. The molecule has 1 aromatic carbocycles. The molecule has 2 amide bonds. The summed E-state index contributed by atoms with van der Waals surface area (Å²) in [7, 11) is 0.